The van der Waals surface area contributed by atoms with Gasteiger partial charge in [0.1, 0.15) is 0 Å². The third-order valence-corrected chi connectivity index (χ3v) is 3.37. The summed E-state index contributed by atoms with van der Waals surface area (Å²) in [6.45, 7) is 9.29. The van der Waals surface area contributed by atoms with E-state index in [9.17, 15) is 4.79 Å². The number of nitrogens with zero attached hydrogens (tertiary/aromatic N) is 1. The Labute approximate surface area is 102 Å². The summed E-state index contributed by atoms with van der Waals surface area (Å²) in [5.41, 5.74) is 2.03. The standard InChI is InChI=1S/C13H21N3O/c1-9(2)12-6-11(8-15-13(12)17)16-5-4-14-7-10(16)3/h6,8-10,14H,4-5,7H2,1-3H3,(H,15,17)/t10-/m1/s1. The Morgan fingerprint density at radius 3 is 2.88 bits per heavy atom. The van der Waals surface area contributed by atoms with Gasteiger partial charge in [0.25, 0.3) is 5.56 Å². The van der Waals surface area contributed by atoms with Gasteiger partial charge >= 0.3 is 0 Å². The molecule has 1 fully saturated rings. The van der Waals surface area contributed by atoms with Crippen LogP contribution >= 0.6 is 0 Å². The Hall–Kier alpha value is -1.29. The molecule has 1 aromatic rings. The van der Waals surface area contributed by atoms with Crippen molar-refractivity contribution in [2.45, 2.75) is 32.7 Å². The highest BCUT2D eigenvalue weighted by molar-refractivity contribution is 5.48. The molecule has 0 radical (unpaired) electrons. The van der Waals surface area contributed by atoms with Crippen molar-refractivity contribution in [1.82, 2.24) is 10.3 Å². The van der Waals surface area contributed by atoms with E-state index in [1.807, 2.05) is 12.3 Å². The molecule has 1 aromatic heterocycles. The average Bonchev–Trinajstić information content (AvgIpc) is 2.30. The molecule has 0 unspecified atom stereocenters. The van der Waals surface area contributed by atoms with E-state index in [4.69, 9.17) is 0 Å². The Bertz CT molecular complexity index is 439. The Balaban J connectivity index is 2.32. The van der Waals surface area contributed by atoms with Crippen LogP contribution in [0.5, 0.6) is 0 Å². The molecule has 0 aliphatic carbocycles. The third-order valence-electron chi connectivity index (χ3n) is 3.37. The van der Waals surface area contributed by atoms with E-state index in [1.165, 1.54) is 0 Å². The first-order valence-electron chi connectivity index (χ1n) is 6.29. The average molecular weight is 235 g/mol. The van der Waals surface area contributed by atoms with Gasteiger partial charge in [0, 0.05) is 37.4 Å². The lowest BCUT2D eigenvalue weighted by atomic mass is 10.0. The maximum atomic E-state index is 11.7. The summed E-state index contributed by atoms with van der Waals surface area (Å²) >= 11 is 0. The first-order chi connectivity index (χ1) is 8.09. The Morgan fingerprint density at radius 2 is 2.24 bits per heavy atom. The van der Waals surface area contributed by atoms with Crippen LogP contribution in [-0.2, 0) is 0 Å². The van der Waals surface area contributed by atoms with Gasteiger partial charge in [-0.15, -0.1) is 0 Å². The normalized spacial score (nSPS) is 20.9. The number of aromatic nitrogens is 1. The van der Waals surface area contributed by atoms with Crippen LogP contribution in [-0.4, -0.2) is 30.7 Å². The number of hydrogen-bond donors (Lipinski definition) is 2. The number of aromatic amines is 1. The highest BCUT2D eigenvalue weighted by atomic mass is 16.1. The van der Waals surface area contributed by atoms with Gasteiger partial charge in [-0.2, -0.15) is 0 Å². The van der Waals surface area contributed by atoms with Crippen LogP contribution in [0, 0.1) is 0 Å². The SMILES string of the molecule is CC(C)c1cc(N2CCNC[C@H]2C)c[nH]c1=O. The lowest BCUT2D eigenvalue weighted by molar-refractivity contribution is 0.500. The molecule has 4 heteroatoms. The van der Waals surface area contributed by atoms with E-state index in [0.29, 0.717) is 6.04 Å². The van der Waals surface area contributed by atoms with Gasteiger partial charge in [-0.3, -0.25) is 4.79 Å². The van der Waals surface area contributed by atoms with E-state index in [0.717, 1.165) is 30.9 Å². The van der Waals surface area contributed by atoms with Crippen LogP contribution in [0.25, 0.3) is 0 Å². The quantitative estimate of drug-likeness (QED) is 0.812. The maximum absolute atomic E-state index is 11.7. The molecule has 2 heterocycles. The molecule has 17 heavy (non-hydrogen) atoms. The van der Waals surface area contributed by atoms with E-state index < -0.39 is 0 Å². The van der Waals surface area contributed by atoms with Gasteiger partial charge in [-0.25, -0.2) is 0 Å². The topological polar surface area (TPSA) is 48.1 Å². The van der Waals surface area contributed by atoms with Gasteiger partial charge in [0.05, 0.1) is 5.69 Å². The zero-order chi connectivity index (χ0) is 12.4. The predicted molar refractivity (Wildman–Crippen MR) is 70.8 cm³/mol. The number of nitrogens with one attached hydrogen (secondary N) is 2. The summed E-state index contributed by atoms with van der Waals surface area (Å²) in [4.78, 5) is 16.9. The summed E-state index contributed by atoms with van der Waals surface area (Å²) in [6, 6.07) is 2.50. The van der Waals surface area contributed by atoms with Gasteiger partial charge in [-0.05, 0) is 18.9 Å². The van der Waals surface area contributed by atoms with Crippen LogP contribution in [0.15, 0.2) is 17.1 Å². The lowest BCUT2D eigenvalue weighted by Gasteiger charge is -2.36. The molecule has 0 saturated carbocycles. The predicted octanol–water partition coefficient (Wildman–Crippen LogP) is 1.30. The molecule has 1 aliphatic heterocycles. The van der Waals surface area contributed by atoms with Crippen LogP contribution in [0.3, 0.4) is 0 Å². The molecule has 1 atom stereocenters. The first kappa shape index (κ1) is 12.2. The minimum Gasteiger partial charge on any atom is -0.365 e. The van der Waals surface area contributed by atoms with E-state index in [-0.39, 0.29) is 11.5 Å². The van der Waals surface area contributed by atoms with Crippen molar-refractivity contribution in [3.63, 3.8) is 0 Å². The van der Waals surface area contributed by atoms with Gasteiger partial charge in [-0.1, -0.05) is 13.8 Å². The number of hydrogen-bond acceptors (Lipinski definition) is 3. The van der Waals surface area contributed by atoms with Crippen LogP contribution in [0.4, 0.5) is 5.69 Å². The molecule has 2 N–H and O–H groups in total. The molecule has 1 saturated heterocycles. The molecule has 94 valence electrons. The number of pyridine rings is 1. The van der Waals surface area contributed by atoms with E-state index in [1.54, 1.807) is 0 Å². The first-order valence-corrected chi connectivity index (χ1v) is 6.29. The fourth-order valence-electron chi connectivity index (χ4n) is 2.31. The van der Waals surface area contributed by atoms with Gasteiger partial charge < -0.3 is 15.2 Å². The second-order valence-corrected chi connectivity index (χ2v) is 5.04. The van der Waals surface area contributed by atoms with Crippen LogP contribution < -0.4 is 15.8 Å². The summed E-state index contributed by atoms with van der Waals surface area (Å²) in [6.07, 6.45) is 1.83. The van der Waals surface area contributed by atoms with Crippen LogP contribution in [0.2, 0.25) is 0 Å². The largest absolute Gasteiger partial charge is 0.365 e. The van der Waals surface area contributed by atoms with E-state index >= 15 is 0 Å². The summed E-state index contributed by atoms with van der Waals surface area (Å²) in [5, 5.41) is 3.37. The molecule has 0 amide bonds. The van der Waals surface area contributed by atoms with Crippen molar-refractivity contribution in [2.75, 3.05) is 24.5 Å². The number of piperazine rings is 1. The summed E-state index contributed by atoms with van der Waals surface area (Å²) in [7, 11) is 0. The second kappa shape index (κ2) is 4.92. The molecular weight excluding hydrogens is 214 g/mol. The molecule has 0 bridgehead atoms. The highest BCUT2D eigenvalue weighted by Crippen LogP contribution is 2.20. The zero-order valence-electron chi connectivity index (χ0n) is 10.8. The molecular formula is C13H21N3O. The van der Waals surface area contributed by atoms with Gasteiger partial charge in [0.15, 0.2) is 0 Å². The van der Waals surface area contributed by atoms with Crippen molar-refractivity contribution in [3.05, 3.63) is 28.2 Å². The maximum Gasteiger partial charge on any atom is 0.251 e. The lowest BCUT2D eigenvalue weighted by Crippen LogP contribution is -2.50. The fourth-order valence-corrected chi connectivity index (χ4v) is 2.31. The number of H-pyrrole nitrogens is 1. The van der Waals surface area contributed by atoms with Crippen molar-refractivity contribution >= 4 is 5.69 Å². The van der Waals surface area contributed by atoms with Crippen molar-refractivity contribution in [2.24, 2.45) is 0 Å². The minimum absolute atomic E-state index is 0.0338. The molecule has 0 aromatic carbocycles. The molecule has 0 spiro atoms. The van der Waals surface area contributed by atoms with Gasteiger partial charge in [0.2, 0.25) is 0 Å². The monoisotopic (exact) mass is 235 g/mol. The third kappa shape index (κ3) is 2.52. The Morgan fingerprint density at radius 1 is 1.47 bits per heavy atom. The number of rotatable bonds is 2. The second-order valence-electron chi connectivity index (χ2n) is 5.04. The Kier molecular flexibility index (Phi) is 3.52. The molecule has 2 rings (SSSR count). The van der Waals surface area contributed by atoms with Crippen molar-refractivity contribution in [3.8, 4) is 0 Å². The molecule has 1 aliphatic rings. The van der Waals surface area contributed by atoms with Crippen molar-refractivity contribution in [1.29, 1.82) is 0 Å². The number of anilines is 1. The van der Waals surface area contributed by atoms with Crippen LogP contribution in [0.1, 0.15) is 32.3 Å². The smallest absolute Gasteiger partial charge is 0.251 e. The summed E-state index contributed by atoms with van der Waals surface area (Å²) in [5.74, 6) is 0.261. The highest BCUT2D eigenvalue weighted by Gasteiger charge is 2.19. The zero-order valence-corrected chi connectivity index (χ0v) is 10.8. The minimum atomic E-state index is 0.0338. The summed E-state index contributed by atoms with van der Waals surface area (Å²) < 4.78 is 0. The fraction of sp³-hybridized carbons (Fsp3) is 0.615. The van der Waals surface area contributed by atoms with Crippen molar-refractivity contribution < 1.29 is 0 Å². The van der Waals surface area contributed by atoms with E-state index in [2.05, 4.69) is 36.0 Å². The molecule has 4 nitrogen and oxygen atoms in total.